The first-order chi connectivity index (χ1) is 8.25. The van der Waals surface area contributed by atoms with Crippen LogP contribution in [0.4, 0.5) is 0 Å². The maximum Gasteiger partial charge on any atom is 0.335 e. The number of carbonyl (C=O) groups excluding carboxylic acids is 1. The van der Waals surface area contributed by atoms with E-state index in [9.17, 15) is 14.7 Å². The van der Waals surface area contributed by atoms with Gasteiger partial charge in [-0.2, -0.15) is 0 Å². The number of carbonyl (C=O) groups is 2. The quantitative estimate of drug-likeness (QED) is 0.795. The smallest absolute Gasteiger partial charge is 0.335 e. The normalized spacial score (nSPS) is 23.5. The molecular weight excluding hydrogens is 248 g/mol. The van der Waals surface area contributed by atoms with Crippen LogP contribution < -0.4 is 0 Å². The molecule has 3 nitrogen and oxygen atoms in total. The fourth-order valence-corrected chi connectivity index (χ4v) is 3.57. The highest BCUT2D eigenvalue weighted by Gasteiger charge is 2.42. The summed E-state index contributed by atoms with van der Waals surface area (Å²) in [4.78, 5) is 23.1. The highest BCUT2D eigenvalue weighted by atomic mass is 32.2. The summed E-state index contributed by atoms with van der Waals surface area (Å²) < 4.78 is 0. The molecule has 0 amide bonds. The van der Waals surface area contributed by atoms with Crippen LogP contribution in [0.25, 0.3) is 0 Å². The van der Waals surface area contributed by atoms with Gasteiger partial charge in [0.1, 0.15) is 5.78 Å². The first-order valence-electron chi connectivity index (χ1n) is 5.64. The van der Waals surface area contributed by atoms with Crippen molar-refractivity contribution in [3.63, 3.8) is 0 Å². The van der Waals surface area contributed by atoms with Crippen LogP contribution in [0.15, 0.2) is 36.0 Å². The van der Waals surface area contributed by atoms with Crippen molar-refractivity contribution in [1.82, 2.24) is 0 Å². The molecule has 0 saturated carbocycles. The number of ketones is 1. The molecule has 2 atom stereocenters. The zero-order valence-corrected chi connectivity index (χ0v) is 11.8. The van der Waals surface area contributed by atoms with Crippen molar-refractivity contribution in [3.8, 4) is 0 Å². The summed E-state index contributed by atoms with van der Waals surface area (Å²) in [5, 5.41) is 8.97. The second-order valence-corrected chi connectivity index (χ2v) is 5.81. The Labute approximate surface area is 112 Å². The number of thioether (sulfide) groups is 1. The number of carboxylic acid groups (broad SMARTS) is 1. The van der Waals surface area contributed by atoms with E-state index in [-0.39, 0.29) is 16.6 Å². The molecule has 0 saturated heterocycles. The van der Waals surface area contributed by atoms with Crippen molar-refractivity contribution in [3.05, 3.63) is 36.0 Å². The summed E-state index contributed by atoms with van der Waals surface area (Å²) in [6, 6.07) is 0. The van der Waals surface area contributed by atoms with E-state index in [0.29, 0.717) is 11.3 Å². The molecule has 1 rings (SSSR count). The average molecular weight is 266 g/mol. The fourth-order valence-electron chi connectivity index (χ4n) is 2.08. The third-order valence-corrected chi connectivity index (χ3v) is 5.18. The Bertz CT molecular complexity index is 462. The Kier molecular flexibility index (Phi) is 4.22. The predicted octanol–water partition coefficient (Wildman–Crippen LogP) is 2.84. The zero-order chi connectivity index (χ0) is 14.1. The Morgan fingerprint density at radius 1 is 1.56 bits per heavy atom. The SMILES string of the molecule is C=C[C@](C)(C(C)=O)[C@H]1SCC(C)=C(C(=O)O)C1=C. The second kappa shape index (κ2) is 5.14. The molecule has 0 aromatic rings. The van der Waals surface area contributed by atoms with E-state index >= 15 is 0 Å². The van der Waals surface area contributed by atoms with Crippen molar-refractivity contribution in [2.75, 3.05) is 5.75 Å². The van der Waals surface area contributed by atoms with E-state index in [4.69, 9.17) is 0 Å². The number of hydrogen-bond donors (Lipinski definition) is 1. The summed E-state index contributed by atoms with van der Waals surface area (Å²) >= 11 is 1.55. The van der Waals surface area contributed by atoms with Gasteiger partial charge in [-0.05, 0) is 31.9 Å². The average Bonchev–Trinajstić information content (AvgIpc) is 2.27. The molecule has 1 aliphatic heterocycles. The predicted molar refractivity (Wildman–Crippen MR) is 74.7 cm³/mol. The molecule has 98 valence electrons. The van der Waals surface area contributed by atoms with Crippen LogP contribution in [0, 0.1) is 5.41 Å². The van der Waals surface area contributed by atoms with Gasteiger partial charge in [0.25, 0.3) is 0 Å². The van der Waals surface area contributed by atoms with Crippen LogP contribution in [0.5, 0.6) is 0 Å². The summed E-state index contributed by atoms with van der Waals surface area (Å²) in [6.45, 7) is 12.7. The van der Waals surface area contributed by atoms with E-state index in [1.165, 1.54) is 6.92 Å². The Morgan fingerprint density at radius 3 is 2.50 bits per heavy atom. The van der Waals surface area contributed by atoms with Crippen molar-refractivity contribution in [1.29, 1.82) is 0 Å². The number of Topliss-reactive ketones (excluding diaryl/α,β-unsaturated/α-hetero) is 1. The fraction of sp³-hybridized carbons (Fsp3) is 0.429. The highest BCUT2D eigenvalue weighted by Crippen LogP contribution is 2.44. The van der Waals surface area contributed by atoms with E-state index in [1.807, 2.05) is 0 Å². The van der Waals surface area contributed by atoms with Gasteiger partial charge in [-0.25, -0.2) is 4.79 Å². The summed E-state index contributed by atoms with van der Waals surface area (Å²) in [5.74, 6) is -0.402. The van der Waals surface area contributed by atoms with Crippen molar-refractivity contribution in [2.45, 2.75) is 26.0 Å². The van der Waals surface area contributed by atoms with Gasteiger partial charge in [0.15, 0.2) is 0 Å². The molecule has 1 heterocycles. The number of carboxylic acids is 1. The van der Waals surface area contributed by atoms with Crippen molar-refractivity contribution < 1.29 is 14.7 Å². The van der Waals surface area contributed by atoms with Gasteiger partial charge in [0.2, 0.25) is 0 Å². The number of rotatable bonds is 4. The topological polar surface area (TPSA) is 54.4 Å². The van der Waals surface area contributed by atoms with Gasteiger partial charge in [-0.3, -0.25) is 4.79 Å². The van der Waals surface area contributed by atoms with E-state index < -0.39 is 11.4 Å². The highest BCUT2D eigenvalue weighted by molar-refractivity contribution is 8.00. The number of hydrogen-bond acceptors (Lipinski definition) is 3. The molecule has 0 aromatic carbocycles. The monoisotopic (exact) mass is 266 g/mol. The Balaban J connectivity index is 3.25. The third kappa shape index (κ3) is 2.29. The summed E-state index contributed by atoms with van der Waals surface area (Å²) in [5.41, 5.74) is 0.786. The maximum absolute atomic E-state index is 11.8. The molecule has 1 N–H and O–H groups in total. The van der Waals surface area contributed by atoms with E-state index in [1.54, 1.807) is 31.7 Å². The van der Waals surface area contributed by atoms with Crippen molar-refractivity contribution in [2.24, 2.45) is 5.41 Å². The minimum atomic E-state index is -0.974. The second-order valence-electron chi connectivity index (χ2n) is 4.72. The number of aliphatic carboxylic acids is 1. The van der Waals surface area contributed by atoms with Gasteiger partial charge in [-0.15, -0.1) is 18.3 Å². The molecule has 0 fully saturated rings. The Morgan fingerprint density at radius 2 is 2.11 bits per heavy atom. The molecule has 1 aliphatic rings. The molecule has 0 aromatic heterocycles. The standard InChI is InChI=1S/C14H18O3S/c1-6-14(5,10(4)15)12-9(3)11(13(16)17)8(2)7-18-12/h6,12H,1,3,7H2,2,4-5H3,(H,16,17)/t12-,14+/m0/s1. The van der Waals surface area contributed by atoms with Crippen molar-refractivity contribution >= 4 is 23.5 Å². The molecule has 0 radical (unpaired) electrons. The van der Waals surface area contributed by atoms with Gasteiger partial charge < -0.3 is 5.11 Å². The molecule has 18 heavy (non-hydrogen) atoms. The first-order valence-corrected chi connectivity index (χ1v) is 6.69. The lowest BCUT2D eigenvalue weighted by atomic mass is 9.77. The maximum atomic E-state index is 11.8. The van der Waals surface area contributed by atoms with Crippen LogP contribution >= 0.6 is 11.8 Å². The number of allylic oxidation sites excluding steroid dienone is 1. The van der Waals surface area contributed by atoms with E-state index in [0.717, 1.165) is 5.57 Å². The van der Waals surface area contributed by atoms with E-state index in [2.05, 4.69) is 13.2 Å². The minimum absolute atomic E-state index is 0.0274. The third-order valence-electron chi connectivity index (χ3n) is 3.47. The lowest BCUT2D eigenvalue weighted by Crippen LogP contribution is -2.39. The van der Waals surface area contributed by atoms with Crippen LogP contribution in [0.1, 0.15) is 20.8 Å². The van der Waals surface area contributed by atoms with Crippen LogP contribution in [0.2, 0.25) is 0 Å². The van der Waals surface area contributed by atoms with Crippen LogP contribution in [-0.2, 0) is 9.59 Å². The summed E-state index contributed by atoms with van der Waals surface area (Å²) in [7, 11) is 0. The molecule has 0 unspecified atom stereocenters. The van der Waals surface area contributed by atoms with Gasteiger partial charge in [0, 0.05) is 11.0 Å². The lowest BCUT2D eigenvalue weighted by Gasteiger charge is -2.37. The lowest BCUT2D eigenvalue weighted by molar-refractivity contribution is -0.132. The first kappa shape index (κ1) is 14.8. The largest absolute Gasteiger partial charge is 0.478 e. The Hall–Kier alpha value is -1.29. The van der Waals surface area contributed by atoms with Gasteiger partial charge >= 0.3 is 5.97 Å². The summed E-state index contributed by atoms with van der Waals surface area (Å²) in [6.07, 6.45) is 1.60. The minimum Gasteiger partial charge on any atom is -0.478 e. The zero-order valence-electron chi connectivity index (χ0n) is 10.9. The van der Waals surface area contributed by atoms with Gasteiger partial charge in [0.05, 0.1) is 11.0 Å². The van der Waals surface area contributed by atoms with Crippen LogP contribution in [0.3, 0.4) is 0 Å². The van der Waals surface area contributed by atoms with Crippen LogP contribution in [-0.4, -0.2) is 27.9 Å². The molecule has 4 heteroatoms. The van der Waals surface area contributed by atoms with Gasteiger partial charge in [-0.1, -0.05) is 12.7 Å². The molecular formula is C14H18O3S. The molecule has 0 bridgehead atoms. The molecule has 0 aliphatic carbocycles. The molecule has 0 spiro atoms.